The van der Waals surface area contributed by atoms with Gasteiger partial charge < -0.3 is 0 Å². The molecule has 0 saturated heterocycles. The van der Waals surface area contributed by atoms with Gasteiger partial charge in [0.15, 0.2) is 5.84 Å². The van der Waals surface area contributed by atoms with Crippen molar-refractivity contribution in [3.63, 3.8) is 0 Å². The predicted octanol–water partition coefficient (Wildman–Crippen LogP) is 12.2. The fourth-order valence-corrected chi connectivity index (χ4v) is 6.72. The van der Waals surface area contributed by atoms with Crippen LogP contribution in [0.2, 0.25) is 0 Å². The summed E-state index contributed by atoms with van der Waals surface area (Å²) in [6.45, 7) is 14.4. The van der Waals surface area contributed by atoms with Crippen molar-refractivity contribution in [1.29, 1.82) is 0 Å². The lowest BCUT2D eigenvalue weighted by Crippen LogP contribution is -2.30. The van der Waals surface area contributed by atoms with E-state index in [1.54, 1.807) is 0 Å². The molecule has 0 atom stereocenters. The Morgan fingerprint density at radius 1 is 0.673 bits per heavy atom. The van der Waals surface area contributed by atoms with Crippen molar-refractivity contribution >= 4 is 39.5 Å². The van der Waals surface area contributed by atoms with Crippen LogP contribution in [0, 0.1) is 0 Å². The van der Waals surface area contributed by atoms with Gasteiger partial charge in [0.2, 0.25) is 0 Å². The number of nitrogens with zero attached hydrogens (tertiary/aromatic N) is 2. The summed E-state index contributed by atoms with van der Waals surface area (Å²) in [7, 11) is 0. The van der Waals surface area contributed by atoms with Crippen molar-refractivity contribution in [3.8, 4) is 0 Å². The summed E-state index contributed by atoms with van der Waals surface area (Å²) in [5, 5.41) is 4.97. The molecule has 2 heteroatoms. The van der Waals surface area contributed by atoms with Crippen molar-refractivity contribution in [3.05, 3.63) is 245 Å². The largest absolute Gasteiger partial charge is 0.236 e. The minimum Gasteiger partial charge on any atom is -0.236 e. The molecule has 0 spiro atoms. The molecule has 270 valence electrons. The van der Waals surface area contributed by atoms with Gasteiger partial charge >= 0.3 is 0 Å². The van der Waals surface area contributed by atoms with Gasteiger partial charge in [-0.3, -0.25) is 0 Å². The van der Waals surface area contributed by atoms with Crippen LogP contribution >= 0.6 is 0 Å². The minimum absolute atomic E-state index is 0.596. The summed E-state index contributed by atoms with van der Waals surface area (Å²) in [5.41, 5.74) is 10.6. The van der Waals surface area contributed by atoms with E-state index in [1.807, 2.05) is 63.4 Å². The van der Waals surface area contributed by atoms with Crippen LogP contribution in [0.5, 0.6) is 0 Å². The van der Waals surface area contributed by atoms with Crippen LogP contribution in [-0.4, -0.2) is 12.1 Å². The average Bonchev–Trinajstić information content (AvgIpc) is 3.23. The Balaban J connectivity index is 1.51. The second-order valence-electron chi connectivity index (χ2n) is 13.4. The first-order valence-corrected chi connectivity index (χ1v) is 18.9. The van der Waals surface area contributed by atoms with Gasteiger partial charge in [-0.2, -0.15) is 0 Å². The third kappa shape index (κ3) is 9.48. The monoisotopic (exact) mass is 712 g/mol. The second-order valence-corrected chi connectivity index (χ2v) is 13.4. The molecule has 55 heavy (non-hydrogen) atoms. The number of hydrogen-bond acceptors (Lipinski definition) is 1. The Kier molecular flexibility index (Phi) is 13.1. The van der Waals surface area contributed by atoms with Crippen molar-refractivity contribution in [2.24, 2.45) is 9.98 Å². The summed E-state index contributed by atoms with van der Waals surface area (Å²) in [6.07, 6.45) is 26.3. The van der Waals surface area contributed by atoms with E-state index in [0.29, 0.717) is 11.5 Å². The highest BCUT2D eigenvalue weighted by Gasteiger charge is 2.12. The summed E-state index contributed by atoms with van der Waals surface area (Å²) in [4.78, 5) is 10.1. The molecule has 0 unspecified atom stereocenters. The number of hydrogen-bond donors (Lipinski definition) is 0. The molecule has 1 aliphatic carbocycles. The number of fused-ring (bicyclic) bond motifs is 2. The maximum Gasteiger partial charge on any atom is 0.159 e. The average molecular weight is 713 g/mol. The van der Waals surface area contributed by atoms with E-state index >= 15 is 0 Å². The van der Waals surface area contributed by atoms with Gasteiger partial charge in [0.25, 0.3) is 0 Å². The van der Waals surface area contributed by atoms with Crippen LogP contribution in [0.25, 0.3) is 27.5 Å². The van der Waals surface area contributed by atoms with E-state index in [1.165, 1.54) is 37.9 Å². The molecule has 0 fully saturated rings. The lowest BCUT2D eigenvalue weighted by Gasteiger charge is -2.14. The smallest absolute Gasteiger partial charge is 0.159 e. The summed E-state index contributed by atoms with van der Waals surface area (Å²) >= 11 is 0. The standard InChI is InChI=1S/C53H48N2/c1-6-9-21-39(4)40(5)55-53(54-38-41-33-35-43(36-34-41)42(8-3)22-10-7-2)46-26-19-25-45(37-46)48-27-13-11-12-14-29-51(52-31-18-17-30-49(48)52)50-32-20-24-44-23-15-16-28-47(44)50/h6-26,28,30-38H,3,5,27,29H2,1-2,4H3/b9-6-,10-7-,13-11-,14-12-,39-21+,42-22+,49-48+,52-51+,54-38?,55-53?. The van der Waals surface area contributed by atoms with E-state index in [4.69, 9.17) is 9.98 Å². The maximum absolute atomic E-state index is 5.04. The Bertz CT molecular complexity index is 2570. The van der Waals surface area contributed by atoms with E-state index in [-0.39, 0.29) is 0 Å². The highest BCUT2D eigenvalue weighted by molar-refractivity contribution is 6.06. The molecule has 6 rings (SSSR count). The van der Waals surface area contributed by atoms with Crippen molar-refractivity contribution in [2.75, 3.05) is 0 Å². The molecule has 5 aromatic carbocycles. The topological polar surface area (TPSA) is 24.7 Å². The van der Waals surface area contributed by atoms with E-state index < -0.39 is 0 Å². The predicted molar refractivity (Wildman–Crippen MR) is 240 cm³/mol. The van der Waals surface area contributed by atoms with Crippen LogP contribution in [0.1, 0.15) is 61.4 Å². The van der Waals surface area contributed by atoms with Crippen LogP contribution < -0.4 is 10.4 Å². The van der Waals surface area contributed by atoms with E-state index in [9.17, 15) is 0 Å². The molecule has 0 heterocycles. The van der Waals surface area contributed by atoms with Crippen LogP contribution in [-0.2, 0) is 0 Å². The quantitative estimate of drug-likeness (QED) is 0.0782. The summed E-state index contributed by atoms with van der Waals surface area (Å²) in [6, 6.07) is 41.1. The van der Waals surface area contributed by atoms with Crippen LogP contribution in [0.4, 0.5) is 0 Å². The highest BCUT2D eigenvalue weighted by Crippen LogP contribution is 2.27. The molecule has 0 aliphatic heterocycles. The zero-order valence-corrected chi connectivity index (χ0v) is 32.1. The van der Waals surface area contributed by atoms with Gasteiger partial charge in [-0.1, -0.05) is 189 Å². The zero-order valence-electron chi connectivity index (χ0n) is 32.1. The van der Waals surface area contributed by atoms with Crippen LogP contribution in [0.15, 0.2) is 217 Å². The van der Waals surface area contributed by atoms with Crippen molar-refractivity contribution in [1.82, 2.24) is 0 Å². The molecule has 1 aliphatic rings. The summed E-state index contributed by atoms with van der Waals surface area (Å²) < 4.78 is 0. The van der Waals surface area contributed by atoms with Gasteiger partial charge in [-0.15, -0.1) is 0 Å². The molecular formula is C53H48N2. The van der Waals surface area contributed by atoms with Gasteiger partial charge in [0, 0.05) is 11.8 Å². The fourth-order valence-electron chi connectivity index (χ4n) is 6.72. The first-order chi connectivity index (χ1) is 27.0. The Labute approximate surface area is 326 Å². The second kappa shape index (κ2) is 18.9. The number of rotatable bonds is 10. The molecule has 0 radical (unpaired) electrons. The van der Waals surface area contributed by atoms with Gasteiger partial charge in [-0.05, 0) is 105 Å². The normalized spacial score (nSPS) is 17.5. The molecule has 2 nitrogen and oxygen atoms in total. The number of benzene rings is 5. The maximum atomic E-state index is 5.04. The third-order valence-electron chi connectivity index (χ3n) is 9.69. The number of allylic oxidation sites excluding steroid dienone is 13. The third-order valence-corrected chi connectivity index (χ3v) is 9.69. The molecular weight excluding hydrogens is 665 g/mol. The molecule has 5 aromatic rings. The SMILES string of the molecule is C=C/C(=C\C=C/C)c1ccc(C=NC(=NC(=C)/C(C)=C/C=C\C)c2cccc(/C3=c4\cccc\c4=C(/c4cccc5ccccc45)C/C=C\C=C/C3)c2)cc1. The minimum atomic E-state index is 0.596. The Morgan fingerprint density at radius 2 is 1.33 bits per heavy atom. The van der Waals surface area contributed by atoms with E-state index in [0.717, 1.165) is 46.2 Å². The highest BCUT2D eigenvalue weighted by atomic mass is 14.9. The zero-order chi connectivity index (χ0) is 38.4. The molecule has 0 saturated carbocycles. The van der Waals surface area contributed by atoms with E-state index in [2.05, 4.69) is 159 Å². The first-order valence-electron chi connectivity index (χ1n) is 18.9. The fraction of sp³-hybridized carbons (Fsp3) is 0.0943. The van der Waals surface area contributed by atoms with Gasteiger partial charge in [-0.25, -0.2) is 9.98 Å². The number of amidine groups is 1. The van der Waals surface area contributed by atoms with Crippen molar-refractivity contribution in [2.45, 2.75) is 33.6 Å². The Hall–Kier alpha value is -6.64. The summed E-state index contributed by atoms with van der Waals surface area (Å²) in [5.74, 6) is 0.596. The lowest BCUT2D eigenvalue weighted by molar-refractivity contribution is 1.27. The van der Waals surface area contributed by atoms with Crippen molar-refractivity contribution < 1.29 is 0 Å². The first kappa shape index (κ1) is 38.1. The molecule has 0 amide bonds. The van der Waals surface area contributed by atoms with Crippen LogP contribution in [0.3, 0.4) is 0 Å². The van der Waals surface area contributed by atoms with Gasteiger partial charge in [0.05, 0.1) is 5.70 Å². The Morgan fingerprint density at radius 3 is 2.07 bits per heavy atom. The molecule has 0 bridgehead atoms. The number of aliphatic imine (C=N–C) groups is 2. The lowest BCUT2D eigenvalue weighted by atomic mass is 9.90. The van der Waals surface area contributed by atoms with Gasteiger partial charge in [0.1, 0.15) is 0 Å². The molecule has 0 N–H and O–H groups in total. The molecule has 0 aromatic heterocycles.